The third-order valence-electron chi connectivity index (χ3n) is 3.73. The highest BCUT2D eigenvalue weighted by Gasteiger charge is 2.18. The van der Waals surface area contributed by atoms with E-state index < -0.39 is 12.1 Å². The number of primary amides is 1. The van der Waals surface area contributed by atoms with Gasteiger partial charge in [-0.05, 0) is 38.2 Å². The fourth-order valence-corrected chi connectivity index (χ4v) is 2.49. The van der Waals surface area contributed by atoms with Gasteiger partial charge in [0.2, 0.25) is 5.91 Å². The third kappa shape index (κ3) is 7.68. The average molecular weight is 319 g/mol. The maximum atomic E-state index is 12.2. The molecule has 5 nitrogen and oxygen atoms in total. The summed E-state index contributed by atoms with van der Waals surface area (Å²) in [7, 11) is 0. The molecule has 1 aromatic carbocycles. The molecule has 0 aliphatic rings. The predicted octanol–water partition coefficient (Wildman–Crippen LogP) is 3.04. The smallest absolute Gasteiger partial charge is 0.312 e. The first-order chi connectivity index (χ1) is 10.8. The Hall–Kier alpha value is -2.04. The number of hydrogen-bond donors (Lipinski definition) is 3. The molecule has 23 heavy (non-hydrogen) atoms. The summed E-state index contributed by atoms with van der Waals surface area (Å²) in [6.07, 6.45) is 2.20. The Bertz CT molecular complexity index is 529. The first kappa shape index (κ1) is 19.0. The number of carbonyl (C=O) groups excluding carboxylic acids is 2. The number of urea groups is 1. The highest BCUT2D eigenvalue weighted by Crippen LogP contribution is 2.18. The van der Waals surface area contributed by atoms with Crippen LogP contribution in [0, 0.1) is 12.8 Å². The topological polar surface area (TPSA) is 84.2 Å². The second-order valence-electron chi connectivity index (χ2n) is 6.62. The molecule has 0 saturated heterocycles. The fourth-order valence-electron chi connectivity index (χ4n) is 2.49. The minimum atomic E-state index is -0.628. The quantitative estimate of drug-likeness (QED) is 0.688. The largest absolute Gasteiger partial charge is 0.354 e. The van der Waals surface area contributed by atoms with E-state index in [1.807, 2.05) is 38.1 Å². The van der Waals surface area contributed by atoms with E-state index in [9.17, 15) is 9.59 Å². The van der Waals surface area contributed by atoms with Crippen LogP contribution in [0.4, 0.5) is 4.79 Å². The molecule has 128 valence electrons. The van der Waals surface area contributed by atoms with Crippen molar-refractivity contribution in [2.24, 2.45) is 11.7 Å². The van der Waals surface area contributed by atoms with Gasteiger partial charge in [-0.25, -0.2) is 4.79 Å². The first-order valence-corrected chi connectivity index (χ1v) is 8.19. The summed E-state index contributed by atoms with van der Waals surface area (Å²) in [6, 6.07) is 6.81. The van der Waals surface area contributed by atoms with Gasteiger partial charge >= 0.3 is 6.03 Å². The molecule has 0 heterocycles. The molecular weight excluding hydrogens is 290 g/mol. The van der Waals surface area contributed by atoms with Crippen LogP contribution in [0.5, 0.6) is 0 Å². The van der Waals surface area contributed by atoms with Crippen LogP contribution in [0.3, 0.4) is 0 Å². The lowest BCUT2D eigenvalue weighted by atomic mass is 10.0. The molecular formula is C18H29N3O2. The summed E-state index contributed by atoms with van der Waals surface area (Å²) in [4.78, 5) is 23.5. The number of nitrogens with two attached hydrogens (primary N) is 1. The number of hydrogen-bond acceptors (Lipinski definition) is 2. The molecule has 0 spiro atoms. The van der Waals surface area contributed by atoms with Crippen LogP contribution in [0.2, 0.25) is 0 Å². The van der Waals surface area contributed by atoms with Crippen LogP contribution in [-0.2, 0) is 4.79 Å². The Morgan fingerprint density at radius 2 is 1.83 bits per heavy atom. The average Bonchev–Trinajstić information content (AvgIpc) is 2.44. The van der Waals surface area contributed by atoms with Gasteiger partial charge in [-0.15, -0.1) is 0 Å². The van der Waals surface area contributed by atoms with Crippen molar-refractivity contribution in [2.75, 3.05) is 0 Å². The summed E-state index contributed by atoms with van der Waals surface area (Å²) in [5, 5.41) is 5.65. The molecule has 4 N–H and O–H groups in total. The Morgan fingerprint density at radius 1 is 1.13 bits per heavy atom. The summed E-state index contributed by atoms with van der Waals surface area (Å²) >= 11 is 0. The molecule has 0 aliphatic heterocycles. The van der Waals surface area contributed by atoms with Crippen molar-refractivity contribution < 1.29 is 9.59 Å². The van der Waals surface area contributed by atoms with E-state index in [-0.39, 0.29) is 18.4 Å². The fraction of sp³-hybridized carbons (Fsp3) is 0.556. The van der Waals surface area contributed by atoms with Gasteiger partial charge in [-0.3, -0.25) is 4.79 Å². The zero-order valence-corrected chi connectivity index (χ0v) is 14.6. The maximum Gasteiger partial charge on any atom is 0.312 e. The van der Waals surface area contributed by atoms with E-state index in [1.54, 1.807) is 0 Å². The van der Waals surface area contributed by atoms with Crippen molar-refractivity contribution >= 4 is 11.9 Å². The van der Waals surface area contributed by atoms with Crippen molar-refractivity contribution in [3.05, 3.63) is 35.4 Å². The van der Waals surface area contributed by atoms with Gasteiger partial charge in [0.1, 0.15) is 0 Å². The van der Waals surface area contributed by atoms with E-state index in [0.717, 1.165) is 24.0 Å². The second-order valence-corrected chi connectivity index (χ2v) is 6.62. The summed E-state index contributed by atoms with van der Waals surface area (Å²) < 4.78 is 0. The van der Waals surface area contributed by atoms with Crippen LogP contribution in [0.25, 0.3) is 0 Å². The Balaban J connectivity index is 2.66. The van der Waals surface area contributed by atoms with Crippen LogP contribution >= 0.6 is 0 Å². The van der Waals surface area contributed by atoms with Gasteiger partial charge < -0.3 is 16.4 Å². The minimum absolute atomic E-state index is 0.0819. The molecule has 0 aromatic heterocycles. The zero-order valence-electron chi connectivity index (χ0n) is 14.6. The molecule has 0 aliphatic carbocycles. The van der Waals surface area contributed by atoms with Crippen molar-refractivity contribution in [2.45, 2.75) is 59.0 Å². The van der Waals surface area contributed by atoms with Gasteiger partial charge in [0.15, 0.2) is 0 Å². The zero-order chi connectivity index (χ0) is 17.4. The highest BCUT2D eigenvalue weighted by molar-refractivity contribution is 5.79. The Morgan fingerprint density at radius 3 is 2.39 bits per heavy atom. The molecule has 5 heteroatoms. The van der Waals surface area contributed by atoms with Crippen LogP contribution in [0.1, 0.15) is 57.2 Å². The maximum absolute atomic E-state index is 12.2. The van der Waals surface area contributed by atoms with E-state index in [2.05, 4.69) is 24.5 Å². The standard InChI is InChI=1S/C18H29N3O2/c1-12(2)8-9-14(4)20-17(22)11-16(21-18(19)23)15-7-5-6-13(3)10-15/h5-7,10,12,14,16H,8-9,11H2,1-4H3,(H,20,22)(H3,19,21,23). The van der Waals surface area contributed by atoms with Gasteiger partial charge in [-0.1, -0.05) is 43.7 Å². The lowest BCUT2D eigenvalue weighted by Crippen LogP contribution is -2.39. The predicted molar refractivity (Wildman–Crippen MR) is 92.9 cm³/mol. The number of aryl methyl sites for hydroxylation is 1. The van der Waals surface area contributed by atoms with Crippen LogP contribution < -0.4 is 16.4 Å². The molecule has 0 radical (unpaired) electrons. The van der Waals surface area contributed by atoms with Crippen LogP contribution in [0.15, 0.2) is 24.3 Å². The van der Waals surface area contributed by atoms with Crippen molar-refractivity contribution in [3.63, 3.8) is 0 Å². The number of nitrogens with one attached hydrogen (secondary N) is 2. The molecule has 2 atom stereocenters. The molecule has 0 fully saturated rings. The van der Waals surface area contributed by atoms with E-state index in [4.69, 9.17) is 5.73 Å². The monoisotopic (exact) mass is 319 g/mol. The van der Waals surface area contributed by atoms with Crippen molar-refractivity contribution in [1.29, 1.82) is 0 Å². The Labute approximate surface area is 139 Å². The molecule has 3 amide bonds. The molecule has 0 saturated carbocycles. The number of carbonyl (C=O) groups is 2. The third-order valence-corrected chi connectivity index (χ3v) is 3.73. The van der Waals surface area contributed by atoms with Gasteiger partial charge in [-0.2, -0.15) is 0 Å². The lowest BCUT2D eigenvalue weighted by molar-refractivity contribution is -0.122. The van der Waals surface area contributed by atoms with Crippen molar-refractivity contribution in [1.82, 2.24) is 10.6 Å². The van der Waals surface area contributed by atoms with E-state index in [0.29, 0.717) is 5.92 Å². The number of benzene rings is 1. The number of amides is 3. The van der Waals surface area contributed by atoms with Gasteiger partial charge in [0.05, 0.1) is 12.5 Å². The second kappa shape index (κ2) is 9.18. The molecule has 2 unspecified atom stereocenters. The summed E-state index contributed by atoms with van der Waals surface area (Å²) in [5.74, 6) is 0.535. The normalized spacial score (nSPS) is 13.4. The highest BCUT2D eigenvalue weighted by atomic mass is 16.2. The summed E-state index contributed by atoms with van der Waals surface area (Å²) in [6.45, 7) is 8.31. The van der Waals surface area contributed by atoms with Crippen LogP contribution in [-0.4, -0.2) is 18.0 Å². The SMILES string of the molecule is Cc1cccc(C(CC(=O)NC(C)CCC(C)C)NC(N)=O)c1. The lowest BCUT2D eigenvalue weighted by Gasteiger charge is -2.20. The van der Waals surface area contributed by atoms with E-state index in [1.165, 1.54) is 0 Å². The molecule has 1 rings (SSSR count). The van der Waals surface area contributed by atoms with Gasteiger partial charge in [0, 0.05) is 6.04 Å². The van der Waals surface area contributed by atoms with Crippen molar-refractivity contribution in [3.8, 4) is 0 Å². The summed E-state index contributed by atoms with van der Waals surface area (Å²) in [5.41, 5.74) is 7.20. The minimum Gasteiger partial charge on any atom is -0.354 e. The molecule has 1 aromatic rings. The molecule has 0 bridgehead atoms. The van der Waals surface area contributed by atoms with E-state index >= 15 is 0 Å². The Kier molecular flexibility index (Phi) is 7.59. The van der Waals surface area contributed by atoms with Gasteiger partial charge in [0.25, 0.3) is 0 Å². The number of rotatable bonds is 8. The first-order valence-electron chi connectivity index (χ1n) is 8.19.